The zero-order valence-corrected chi connectivity index (χ0v) is 14.0. The topological polar surface area (TPSA) is 35.6 Å². The Morgan fingerprint density at radius 1 is 1.00 bits per heavy atom. The summed E-state index contributed by atoms with van der Waals surface area (Å²) in [5.41, 5.74) is 1.35. The van der Waals surface area contributed by atoms with Crippen molar-refractivity contribution in [2.24, 2.45) is 0 Å². The summed E-state index contributed by atoms with van der Waals surface area (Å²) in [5, 5.41) is 3.46. The zero-order valence-electron chi connectivity index (χ0n) is 14.0. The molecule has 0 atom stereocenters. The van der Waals surface area contributed by atoms with Gasteiger partial charge in [-0.05, 0) is 18.4 Å². The Hall–Kier alpha value is -1.39. The maximum absolute atomic E-state index is 12.4. The molecule has 0 bridgehead atoms. The summed E-state index contributed by atoms with van der Waals surface area (Å²) in [5.74, 6) is 0.273. The first-order valence-electron chi connectivity index (χ1n) is 9.09. The predicted octanol–water partition coefficient (Wildman–Crippen LogP) is 2.25. The molecular weight excluding hydrogens is 286 g/mol. The molecule has 3 rings (SSSR count). The first-order chi connectivity index (χ1) is 11.3. The quantitative estimate of drug-likeness (QED) is 0.905. The third-order valence-electron chi connectivity index (χ3n) is 5.12. The third kappa shape index (κ3) is 5.05. The maximum Gasteiger partial charge on any atom is 0.236 e. The molecule has 0 unspecified atom stereocenters. The minimum Gasteiger partial charge on any atom is -0.339 e. The highest BCUT2D eigenvalue weighted by molar-refractivity contribution is 5.78. The molecule has 1 amide bonds. The summed E-state index contributed by atoms with van der Waals surface area (Å²) >= 11 is 0. The lowest BCUT2D eigenvalue weighted by molar-refractivity contribution is -0.132. The first kappa shape index (κ1) is 16.5. The largest absolute Gasteiger partial charge is 0.339 e. The summed E-state index contributed by atoms with van der Waals surface area (Å²) in [4.78, 5) is 16.8. The second kappa shape index (κ2) is 8.46. The number of hydrogen-bond acceptors (Lipinski definition) is 3. The molecule has 0 radical (unpaired) electrons. The van der Waals surface area contributed by atoms with Crippen molar-refractivity contribution in [2.75, 3.05) is 32.7 Å². The number of benzene rings is 1. The maximum atomic E-state index is 12.4. The smallest absolute Gasteiger partial charge is 0.236 e. The summed E-state index contributed by atoms with van der Waals surface area (Å²) in [6.07, 6.45) is 6.44. The van der Waals surface area contributed by atoms with Crippen LogP contribution in [-0.2, 0) is 11.3 Å². The summed E-state index contributed by atoms with van der Waals surface area (Å²) in [7, 11) is 0. The zero-order chi connectivity index (χ0) is 15.9. The average molecular weight is 315 g/mol. The van der Waals surface area contributed by atoms with Crippen LogP contribution in [0.1, 0.15) is 37.7 Å². The highest BCUT2D eigenvalue weighted by atomic mass is 16.2. The van der Waals surface area contributed by atoms with Gasteiger partial charge in [-0.1, -0.05) is 49.6 Å². The van der Waals surface area contributed by atoms with E-state index in [4.69, 9.17) is 0 Å². The van der Waals surface area contributed by atoms with Crippen LogP contribution in [0.4, 0.5) is 0 Å². The van der Waals surface area contributed by atoms with Crippen LogP contribution in [0.3, 0.4) is 0 Å². The van der Waals surface area contributed by atoms with E-state index in [9.17, 15) is 4.79 Å². The van der Waals surface area contributed by atoms with E-state index in [1.807, 2.05) is 4.90 Å². The molecule has 2 aliphatic rings. The fraction of sp³-hybridized carbons (Fsp3) is 0.632. The summed E-state index contributed by atoms with van der Waals surface area (Å²) < 4.78 is 0. The highest BCUT2D eigenvalue weighted by Crippen LogP contribution is 2.17. The lowest BCUT2D eigenvalue weighted by atomic mass is 9.95. The second-order valence-electron chi connectivity index (χ2n) is 6.86. The van der Waals surface area contributed by atoms with E-state index < -0.39 is 0 Å². The van der Waals surface area contributed by atoms with Gasteiger partial charge < -0.3 is 10.2 Å². The normalized spacial score (nSPS) is 20.6. The minimum atomic E-state index is 0.273. The van der Waals surface area contributed by atoms with E-state index in [1.165, 1.54) is 37.7 Å². The predicted molar refractivity (Wildman–Crippen MR) is 93.2 cm³/mol. The Labute approximate surface area is 139 Å². The van der Waals surface area contributed by atoms with Gasteiger partial charge in [0.1, 0.15) is 0 Å². The molecule has 23 heavy (non-hydrogen) atoms. The molecule has 1 saturated carbocycles. The summed E-state index contributed by atoms with van der Waals surface area (Å²) in [6.45, 7) is 5.18. The van der Waals surface area contributed by atoms with E-state index in [0.29, 0.717) is 12.6 Å². The van der Waals surface area contributed by atoms with Crippen LogP contribution in [-0.4, -0.2) is 54.5 Å². The Kier molecular flexibility index (Phi) is 6.06. The van der Waals surface area contributed by atoms with Crippen molar-refractivity contribution in [3.63, 3.8) is 0 Å². The van der Waals surface area contributed by atoms with Gasteiger partial charge in [0.25, 0.3) is 0 Å². The van der Waals surface area contributed by atoms with Crippen molar-refractivity contribution >= 4 is 5.91 Å². The molecule has 4 nitrogen and oxygen atoms in total. The first-order valence-corrected chi connectivity index (χ1v) is 9.09. The van der Waals surface area contributed by atoms with Crippen molar-refractivity contribution in [3.05, 3.63) is 35.9 Å². The minimum absolute atomic E-state index is 0.273. The van der Waals surface area contributed by atoms with Crippen molar-refractivity contribution in [1.82, 2.24) is 15.1 Å². The van der Waals surface area contributed by atoms with Gasteiger partial charge in [0.15, 0.2) is 0 Å². The van der Waals surface area contributed by atoms with Gasteiger partial charge in [0.2, 0.25) is 5.91 Å². The van der Waals surface area contributed by atoms with E-state index >= 15 is 0 Å². The Morgan fingerprint density at radius 3 is 2.39 bits per heavy atom. The SMILES string of the molecule is O=C(CNC1CCCCC1)N1CCN(Cc2ccccc2)CC1. The van der Waals surface area contributed by atoms with Crippen LogP contribution in [0.2, 0.25) is 0 Å². The molecular formula is C19H29N3O. The van der Waals surface area contributed by atoms with Gasteiger partial charge in [-0.3, -0.25) is 9.69 Å². The van der Waals surface area contributed by atoms with Gasteiger partial charge >= 0.3 is 0 Å². The van der Waals surface area contributed by atoms with Gasteiger partial charge in [0.05, 0.1) is 6.54 Å². The van der Waals surface area contributed by atoms with Crippen molar-refractivity contribution < 1.29 is 4.79 Å². The monoisotopic (exact) mass is 315 g/mol. The lowest BCUT2D eigenvalue weighted by Crippen LogP contribution is -2.51. The van der Waals surface area contributed by atoms with Crippen LogP contribution in [0, 0.1) is 0 Å². The molecule has 1 aliphatic heterocycles. The molecule has 0 aromatic heterocycles. The van der Waals surface area contributed by atoms with E-state index in [2.05, 4.69) is 40.5 Å². The van der Waals surface area contributed by atoms with Crippen molar-refractivity contribution in [3.8, 4) is 0 Å². The number of piperazine rings is 1. The van der Waals surface area contributed by atoms with Crippen LogP contribution in [0.5, 0.6) is 0 Å². The number of rotatable bonds is 5. The van der Waals surface area contributed by atoms with Crippen molar-refractivity contribution in [2.45, 2.75) is 44.7 Å². The standard InChI is InChI=1S/C19H29N3O/c23-19(15-20-18-9-5-2-6-10-18)22-13-11-21(12-14-22)16-17-7-3-1-4-8-17/h1,3-4,7-8,18,20H,2,5-6,9-16H2. The molecule has 1 aromatic carbocycles. The van der Waals surface area contributed by atoms with Gasteiger partial charge in [-0.15, -0.1) is 0 Å². The van der Waals surface area contributed by atoms with Gasteiger partial charge in [0, 0.05) is 38.8 Å². The number of carbonyl (C=O) groups is 1. The van der Waals surface area contributed by atoms with Crippen molar-refractivity contribution in [1.29, 1.82) is 0 Å². The fourth-order valence-corrected chi connectivity index (χ4v) is 3.65. The molecule has 4 heteroatoms. The molecule has 0 spiro atoms. The molecule has 1 aromatic rings. The van der Waals surface area contributed by atoms with Crippen LogP contribution in [0.25, 0.3) is 0 Å². The number of nitrogens with one attached hydrogen (secondary N) is 1. The number of nitrogens with zero attached hydrogens (tertiary/aromatic N) is 2. The Morgan fingerprint density at radius 2 is 1.70 bits per heavy atom. The Balaban J connectivity index is 1.37. The summed E-state index contributed by atoms with van der Waals surface area (Å²) in [6, 6.07) is 11.1. The highest BCUT2D eigenvalue weighted by Gasteiger charge is 2.22. The lowest BCUT2D eigenvalue weighted by Gasteiger charge is -2.35. The van der Waals surface area contributed by atoms with E-state index in [0.717, 1.165) is 32.7 Å². The van der Waals surface area contributed by atoms with Crippen LogP contribution >= 0.6 is 0 Å². The van der Waals surface area contributed by atoms with Crippen LogP contribution in [0.15, 0.2) is 30.3 Å². The number of hydrogen-bond donors (Lipinski definition) is 1. The van der Waals surface area contributed by atoms with Gasteiger partial charge in [-0.25, -0.2) is 0 Å². The molecule has 126 valence electrons. The molecule has 1 N–H and O–H groups in total. The molecule has 1 heterocycles. The molecule has 2 fully saturated rings. The second-order valence-corrected chi connectivity index (χ2v) is 6.86. The van der Waals surface area contributed by atoms with E-state index in [1.54, 1.807) is 0 Å². The van der Waals surface area contributed by atoms with E-state index in [-0.39, 0.29) is 5.91 Å². The molecule has 1 aliphatic carbocycles. The fourth-order valence-electron chi connectivity index (χ4n) is 3.65. The third-order valence-corrected chi connectivity index (χ3v) is 5.12. The average Bonchev–Trinajstić information content (AvgIpc) is 2.62. The Bertz CT molecular complexity index is 477. The number of amides is 1. The van der Waals surface area contributed by atoms with Crippen LogP contribution < -0.4 is 5.32 Å². The molecule has 1 saturated heterocycles. The van der Waals surface area contributed by atoms with Gasteiger partial charge in [-0.2, -0.15) is 0 Å². The number of carbonyl (C=O) groups excluding carboxylic acids is 1.